The fraction of sp³-hybridized carbons (Fsp3) is 0.316. The van der Waals surface area contributed by atoms with Crippen LogP contribution in [0.25, 0.3) is 0 Å². The molecular formula is C19H20ClNO3. The molecule has 1 fully saturated rings. The molecule has 0 saturated heterocycles. The zero-order valence-electron chi connectivity index (χ0n) is 13.8. The number of hydrogen-bond acceptors (Lipinski definition) is 3. The quantitative estimate of drug-likeness (QED) is 0.868. The molecule has 4 nitrogen and oxygen atoms in total. The van der Waals surface area contributed by atoms with Gasteiger partial charge in [0.1, 0.15) is 0 Å². The molecule has 24 heavy (non-hydrogen) atoms. The number of halogens is 1. The van der Waals surface area contributed by atoms with E-state index in [1.165, 1.54) is 0 Å². The molecule has 0 bridgehead atoms. The highest BCUT2D eigenvalue weighted by Crippen LogP contribution is 2.50. The van der Waals surface area contributed by atoms with E-state index in [4.69, 9.17) is 21.1 Å². The van der Waals surface area contributed by atoms with Crippen molar-refractivity contribution in [2.45, 2.75) is 24.8 Å². The molecule has 1 aliphatic carbocycles. The lowest BCUT2D eigenvalue weighted by Gasteiger charge is -2.17. The zero-order valence-corrected chi connectivity index (χ0v) is 14.5. The summed E-state index contributed by atoms with van der Waals surface area (Å²) in [7, 11) is 3.19. The van der Waals surface area contributed by atoms with Gasteiger partial charge >= 0.3 is 0 Å². The van der Waals surface area contributed by atoms with Gasteiger partial charge in [-0.2, -0.15) is 0 Å². The number of carbonyl (C=O) groups excluding carboxylic acids is 1. The maximum Gasteiger partial charge on any atom is 0.230 e. The van der Waals surface area contributed by atoms with Crippen LogP contribution in [0.3, 0.4) is 0 Å². The summed E-state index contributed by atoms with van der Waals surface area (Å²) in [5.74, 6) is 1.34. The zero-order chi connectivity index (χ0) is 17.2. The van der Waals surface area contributed by atoms with E-state index < -0.39 is 5.41 Å². The summed E-state index contributed by atoms with van der Waals surface area (Å²) in [6.45, 7) is 0.436. The van der Waals surface area contributed by atoms with E-state index in [9.17, 15) is 4.79 Å². The van der Waals surface area contributed by atoms with Crippen molar-refractivity contribution >= 4 is 17.5 Å². The highest BCUT2D eigenvalue weighted by molar-refractivity contribution is 6.31. The molecule has 2 aromatic rings. The molecular weight excluding hydrogens is 326 g/mol. The maximum absolute atomic E-state index is 12.7. The van der Waals surface area contributed by atoms with Gasteiger partial charge in [-0.1, -0.05) is 35.9 Å². The third-order valence-corrected chi connectivity index (χ3v) is 4.80. The molecule has 1 N–H and O–H groups in total. The molecule has 0 aliphatic heterocycles. The minimum absolute atomic E-state index is 0.0189. The minimum atomic E-state index is -0.477. The molecule has 0 heterocycles. The van der Waals surface area contributed by atoms with Gasteiger partial charge in [0.25, 0.3) is 0 Å². The Hall–Kier alpha value is -2.20. The standard InChI is InChI=1S/C19H20ClNO3/c1-23-16-8-7-13(11-17(16)24-2)12-21-18(22)19(9-10-19)14-5-3-4-6-15(14)20/h3-8,11H,9-10,12H2,1-2H3,(H,21,22). The molecule has 3 rings (SSSR count). The first-order chi connectivity index (χ1) is 11.6. The van der Waals surface area contributed by atoms with Gasteiger partial charge in [-0.05, 0) is 42.2 Å². The van der Waals surface area contributed by atoms with E-state index in [0.29, 0.717) is 23.1 Å². The molecule has 0 spiro atoms. The summed E-state index contributed by atoms with van der Waals surface area (Å²) in [4.78, 5) is 12.7. The van der Waals surface area contributed by atoms with Crippen LogP contribution in [0, 0.1) is 0 Å². The molecule has 0 atom stereocenters. The molecule has 0 radical (unpaired) electrons. The number of hydrogen-bond donors (Lipinski definition) is 1. The second-order valence-corrected chi connectivity index (χ2v) is 6.34. The average molecular weight is 346 g/mol. The van der Waals surface area contributed by atoms with Gasteiger partial charge < -0.3 is 14.8 Å². The lowest BCUT2D eigenvalue weighted by molar-refractivity contribution is -0.123. The van der Waals surface area contributed by atoms with Crippen LogP contribution in [-0.4, -0.2) is 20.1 Å². The van der Waals surface area contributed by atoms with E-state index >= 15 is 0 Å². The molecule has 0 unspecified atom stereocenters. The summed E-state index contributed by atoms with van der Waals surface area (Å²) in [5, 5.41) is 3.67. The van der Waals surface area contributed by atoms with E-state index in [1.807, 2.05) is 42.5 Å². The SMILES string of the molecule is COc1ccc(CNC(=O)C2(c3ccccc3Cl)CC2)cc1OC. The Labute approximate surface area is 146 Å². The van der Waals surface area contributed by atoms with E-state index in [-0.39, 0.29) is 5.91 Å². The van der Waals surface area contributed by atoms with E-state index in [1.54, 1.807) is 14.2 Å². The van der Waals surface area contributed by atoms with Crippen LogP contribution in [0.1, 0.15) is 24.0 Å². The lowest BCUT2D eigenvalue weighted by Crippen LogP contribution is -2.34. The van der Waals surface area contributed by atoms with Crippen molar-refractivity contribution in [2.75, 3.05) is 14.2 Å². The molecule has 1 aliphatic rings. The van der Waals surface area contributed by atoms with Crippen LogP contribution in [0.2, 0.25) is 5.02 Å². The Kier molecular flexibility index (Phi) is 4.67. The predicted molar refractivity (Wildman–Crippen MR) is 93.8 cm³/mol. The minimum Gasteiger partial charge on any atom is -0.493 e. The van der Waals surface area contributed by atoms with Crippen LogP contribution in [-0.2, 0) is 16.8 Å². The van der Waals surface area contributed by atoms with Crippen molar-refractivity contribution in [1.82, 2.24) is 5.32 Å². The molecule has 126 valence electrons. The van der Waals surface area contributed by atoms with Crippen LogP contribution < -0.4 is 14.8 Å². The van der Waals surface area contributed by atoms with Gasteiger partial charge in [0.15, 0.2) is 11.5 Å². The second-order valence-electron chi connectivity index (χ2n) is 5.93. The smallest absolute Gasteiger partial charge is 0.230 e. The van der Waals surface area contributed by atoms with Gasteiger partial charge in [-0.15, -0.1) is 0 Å². The van der Waals surface area contributed by atoms with Gasteiger partial charge in [0, 0.05) is 11.6 Å². The van der Waals surface area contributed by atoms with Crippen molar-refractivity contribution in [2.24, 2.45) is 0 Å². The first-order valence-corrected chi connectivity index (χ1v) is 8.23. The fourth-order valence-electron chi connectivity index (χ4n) is 2.94. The Bertz CT molecular complexity index is 756. The van der Waals surface area contributed by atoms with Crippen molar-refractivity contribution in [1.29, 1.82) is 0 Å². The Morgan fingerprint density at radius 2 is 1.83 bits per heavy atom. The first-order valence-electron chi connectivity index (χ1n) is 7.85. The summed E-state index contributed by atoms with van der Waals surface area (Å²) in [5.41, 5.74) is 1.39. The third-order valence-electron chi connectivity index (χ3n) is 4.48. The second kappa shape index (κ2) is 6.73. The molecule has 2 aromatic carbocycles. The van der Waals surface area contributed by atoms with Crippen molar-refractivity contribution < 1.29 is 14.3 Å². The summed E-state index contributed by atoms with van der Waals surface area (Å²) in [6.07, 6.45) is 1.66. The van der Waals surface area contributed by atoms with Gasteiger partial charge in [0.2, 0.25) is 5.91 Å². The van der Waals surface area contributed by atoms with Crippen LogP contribution in [0.15, 0.2) is 42.5 Å². The Morgan fingerprint density at radius 1 is 1.12 bits per heavy atom. The number of ether oxygens (including phenoxy) is 2. The number of carbonyl (C=O) groups is 1. The predicted octanol–water partition coefficient (Wildman–Crippen LogP) is 3.71. The number of benzene rings is 2. The molecule has 1 saturated carbocycles. The van der Waals surface area contributed by atoms with Crippen molar-refractivity contribution in [3.8, 4) is 11.5 Å². The molecule has 1 amide bonds. The summed E-state index contributed by atoms with van der Waals surface area (Å²) < 4.78 is 10.5. The molecule has 0 aromatic heterocycles. The van der Waals surface area contributed by atoms with E-state index in [2.05, 4.69) is 5.32 Å². The number of methoxy groups -OCH3 is 2. The van der Waals surface area contributed by atoms with Crippen LogP contribution in [0.4, 0.5) is 0 Å². The number of nitrogens with one attached hydrogen (secondary N) is 1. The Balaban J connectivity index is 1.71. The number of amides is 1. The fourth-order valence-corrected chi connectivity index (χ4v) is 3.25. The topological polar surface area (TPSA) is 47.6 Å². The van der Waals surface area contributed by atoms with E-state index in [0.717, 1.165) is 24.0 Å². The van der Waals surface area contributed by atoms with Gasteiger partial charge in [-0.3, -0.25) is 4.79 Å². The van der Waals surface area contributed by atoms with Crippen molar-refractivity contribution in [3.63, 3.8) is 0 Å². The highest BCUT2D eigenvalue weighted by Gasteiger charge is 2.52. The third kappa shape index (κ3) is 3.06. The monoisotopic (exact) mass is 345 g/mol. The number of rotatable bonds is 6. The van der Waals surface area contributed by atoms with Gasteiger partial charge in [-0.25, -0.2) is 0 Å². The summed E-state index contributed by atoms with van der Waals surface area (Å²) in [6, 6.07) is 13.2. The van der Waals surface area contributed by atoms with Crippen molar-refractivity contribution in [3.05, 3.63) is 58.6 Å². The first kappa shape index (κ1) is 16.7. The average Bonchev–Trinajstić information content (AvgIpc) is 3.41. The van der Waals surface area contributed by atoms with Gasteiger partial charge in [0.05, 0.1) is 19.6 Å². The van der Waals surface area contributed by atoms with Crippen LogP contribution >= 0.6 is 11.6 Å². The highest BCUT2D eigenvalue weighted by atomic mass is 35.5. The lowest BCUT2D eigenvalue weighted by atomic mass is 9.95. The van der Waals surface area contributed by atoms with Crippen LogP contribution in [0.5, 0.6) is 11.5 Å². The maximum atomic E-state index is 12.7. The molecule has 5 heteroatoms. The summed E-state index contributed by atoms with van der Waals surface area (Å²) >= 11 is 6.27. The Morgan fingerprint density at radius 3 is 2.46 bits per heavy atom. The normalized spacial score (nSPS) is 14.8. The largest absolute Gasteiger partial charge is 0.493 e.